The van der Waals surface area contributed by atoms with E-state index in [0.29, 0.717) is 17.9 Å². The van der Waals surface area contributed by atoms with E-state index in [-0.39, 0.29) is 24.5 Å². The lowest BCUT2D eigenvalue weighted by Crippen LogP contribution is -2.49. The summed E-state index contributed by atoms with van der Waals surface area (Å²) in [6, 6.07) is 13.0. The summed E-state index contributed by atoms with van der Waals surface area (Å²) in [7, 11) is 4.80. The van der Waals surface area contributed by atoms with Gasteiger partial charge in [-0.3, -0.25) is 4.79 Å². The summed E-state index contributed by atoms with van der Waals surface area (Å²) in [5, 5.41) is 9.08. The van der Waals surface area contributed by atoms with Crippen molar-refractivity contribution in [1.82, 2.24) is 15.2 Å². The van der Waals surface area contributed by atoms with Crippen LogP contribution in [0, 0.1) is 6.92 Å². The van der Waals surface area contributed by atoms with E-state index in [1.807, 2.05) is 64.1 Å². The minimum Gasteiger partial charge on any atom is -0.497 e. The Morgan fingerprint density at radius 2 is 1.79 bits per heavy atom. The molecule has 2 aromatic rings. The molecule has 0 saturated carbocycles. The summed E-state index contributed by atoms with van der Waals surface area (Å²) in [6.07, 6.45) is 0.523. The van der Waals surface area contributed by atoms with Crippen LogP contribution in [0.4, 0.5) is 4.79 Å². The number of ether oxygens (including phenoxy) is 2. The molecule has 34 heavy (non-hydrogen) atoms. The van der Waals surface area contributed by atoms with Gasteiger partial charge < -0.3 is 19.7 Å². The lowest BCUT2D eigenvalue weighted by molar-refractivity contribution is -0.133. The van der Waals surface area contributed by atoms with Crippen molar-refractivity contribution in [1.29, 1.82) is 0 Å². The first-order chi connectivity index (χ1) is 16.0. The van der Waals surface area contributed by atoms with Crippen molar-refractivity contribution >= 4 is 17.6 Å². The van der Waals surface area contributed by atoms with Gasteiger partial charge in [0.05, 0.1) is 26.0 Å². The molecule has 182 valence electrons. The molecule has 1 atom stereocenters. The van der Waals surface area contributed by atoms with Crippen LogP contribution < -0.4 is 14.8 Å². The van der Waals surface area contributed by atoms with Crippen LogP contribution in [0.1, 0.15) is 49.9 Å². The van der Waals surface area contributed by atoms with E-state index >= 15 is 0 Å². The largest absolute Gasteiger partial charge is 0.497 e. The number of benzene rings is 2. The number of hydrazone groups is 1. The highest BCUT2D eigenvalue weighted by molar-refractivity contribution is 6.05. The van der Waals surface area contributed by atoms with Gasteiger partial charge in [-0.25, -0.2) is 9.80 Å². The first-order valence-electron chi connectivity index (χ1n) is 11.2. The number of carbonyl (C=O) groups is 2. The van der Waals surface area contributed by atoms with Crippen molar-refractivity contribution in [2.24, 2.45) is 5.10 Å². The van der Waals surface area contributed by atoms with E-state index in [9.17, 15) is 9.59 Å². The Morgan fingerprint density at radius 3 is 2.38 bits per heavy atom. The second-order valence-corrected chi connectivity index (χ2v) is 9.52. The van der Waals surface area contributed by atoms with Crippen LogP contribution in [-0.2, 0) is 4.79 Å². The molecule has 1 aliphatic heterocycles. The quantitative estimate of drug-likeness (QED) is 0.694. The number of hydrogen-bond donors (Lipinski definition) is 1. The van der Waals surface area contributed by atoms with Gasteiger partial charge in [0, 0.05) is 30.6 Å². The predicted octanol–water partition coefficient (Wildman–Crippen LogP) is 4.13. The average molecular weight is 467 g/mol. The number of likely N-dealkylation sites (N-methyl/N-ethyl adjacent to an activating group) is 1. The Labute approximate surface area is 201 Å². The van der Waals surface area contributed by atoms with Crippen molar-refractivity contribution in [3.8, 4) is 11.5 Å². The third-order valence-corrected chi connectivity index (χ3v) is 5.55. The second kappa shape index (κ2) is 10.2. The number of amides is 3. The molecule has 0 saturated heterocycles. The molecule has 0 aliphatic carbocycles. The van der Waals surface area contributed by atoms with Gasteiger partial charge >= 0.3 is 6.03 Å². The third-order valence-electron chi connectivity index (χ3n) is 5.55. The minimum atomic E-state index is -0.400. The van der Waals surface area contributed by atoms with Crippen LogP contribution in [0.2, 0.25) is 0 Å². The lowest BCUT2D eigenvalue weighted by atomic mass is 9.97. The van der Waals surface area contributed by atoms with E-state index in [0.717, 1.165) is 22.4 Å². The first-order valence-corrected chi connectivity index (χ1v) is 11.2. The van der Waals surface area contributed by atoms with Gasteiger partial charge in [-0.1, -0.05) is 29.8 Å². The summed E-state index contributed by atoms with van der Waals surface area (Å²) in [5.41, 5.74) is 3.25. The smallest absolute Gasteiger partial charge is 0.318 e. The Kier molecular flexibility index (Phi) is 7.49. The number of rotatable bonds is 6. The normalized spacial score (nSPS) is 15.6. The number of urea groups is 1. The predicted molar refractivity (Wildman–Crippen MR) is 132 cm³/mol. The zero-order chi connectivity index (χ0) is 25.0. The lowest BCUT2D eigenvalue weighted by Gasteiger charge is -2.28. The van der Waals surface area contributed by atoms with Crippen molar-refractivity contribution in [2.75, 3.05) is 27.8 Å². The molecule has 0 aromatic heterocycles. The first kappa shape index (κ1) is 25.1. The number of nitrogens with one attached hydrogen (secondary N) is 1. The maximum atomic E-state index is 13.4. The zero-order valence-corrected chi connectivity index (χ0v) is 21.0. The summed E-state index contributed by atoms with van der Waals surface area (Å²) in [5.74, 6) is 1.03. The molecule has 8 heteroatoms. The van der Waals surface area contributed by atoms with E-state index < -0.39 is 5.54 Å². The molecular weight excluding hydrogens is 432 g/mol. The summed E-state index contributed by atoms with van der Waals surface area (Å²) in [4.78, 5) is 27.2. The molecule has 0 bridgehead atoms. The number of carbonyl (C=O) groups excluding carboxylic acids is 2. The Bertz CT molecular complexity index is 1070. The van der Waals surface area contributed by atoms with Gasteiger partial charge in [0.2, 0.25) is 0 Å². The minimum absolute atomic E-state index is 0.0964. The van der Waals surface area contributed by atoms with Crippen molar-refractivity contribution in [3.05, 3.63) is 59.2 Å². The van der Waals surface area contributed by atoms with Crippen LogP contribution in [0.25, 0.3) is 0 Å². The number of hydrogen-bond acceptors (Lipinski definition) is 5. The van der Waals surface area contributed by atoms with Gasteiger partial charge in [0.1, 0.15) is 18.0 Å². The average Bonchev–Trinajstić information content (AvgIpc) is 3.23. The number of nitrogens with zero attached hydrogens (tertiary/aromatic N) is 3. The molecule has 2 aromatic carbocycles. The fourth-order valence-electron chi connectivity index (χ4n) is 3.75. The van der Waals surface area contributed by atoms with Crippen LogP contribution in [0.3, 0.4) is 0 Å². The Balaban J connectivity index is 1.91. The molecule has 0 unspecified atom stereocenters. The van der Waals surface area contributed by atoms with Crippen LogP contribution in [0.5, 0.6) is 11.5 Å². The van der Waals surface area contributed by atoms with Crippen LogP contribution >= 0.6 is 0 Å². The van der Waals surface area contributed by atoms with E-state index in [1.54, 1.807) is 27.3 Å². The SMILES string of the molecule is COc1ccc(C2=NN(C(=O)CN(C)C(=O)NC(C)(C)C)[C@H](c3ccc(C)cc3)C2)c(OC)c1. The molecule has 0 fully saturated rings. The van der Waals surface area contributed by atoms with Crippen LogP contribution in [-0.4, -0.2) is 60.9 Å². The zero-order valence-electron chi connectivity index (χ0n) is 21.0. The van der Waals surface area contributed by atoms with Gasteiger partial charge in [-0.15, -0.1) is 0 Å². The maximum absolute atomic E-state index is 13.4. The standard InChI is InChI=1S/C26H34N4O4/c1-17-8-10-18(11-9-17)22-15-21(20-13-12-19(33-6)14-23(20)34-7)28-30(22)24(31)16-29(5)25(32)27-26(2,3)4/h8-14,22H,15-16H2,1-7H3,(H,27,32)/t22-/m0/s1. The van der Waals surface area contributed by atoms with Crippen molar-refractivity contribution < 1.29 is 19.1 Å². The van der Waals surface area contributed by atoms with Crippen LogP contribution in [0.15, 0.2) is 47.6 Å². The topological polar surface area (TPSA) is 83.5 Å². The molecule has 0 radical (unpaired) electrons. The number of methoxy groups -OCH3 is 2. The van der Waals surface area contributed by atoms with Crippen molar-refractivity contribution in [2.45, 2.75) is 45.7 Å². The molecule has 3 rings (SSSR count). The molecular formula is C26H34N4O4. The van der Waals surface area contributed by atoms with E-state index in [2.05, 4.69) is 5.32 Å². The van der Waals surface area contributed by atoms with Gasteiger partial charge in [0.25, 0.3) is 5.91 Å². The molecule has 1 aliphatic rings. The fourth-order valence-corrected chi connectivity index (χ4v) is 3.75. The summed E-state index contributed by atoms with van der Waals surface area (Å²) >= 11 is 0. The third kappa shape index (κ3) is 5.87. The summed E-state index contributed by atoms with van der Waals surface area (Å²) in [6.45, 7) is 7.61. The van der Waals surface area contributed by atoms with E-state index in [1.165, 1.54) is 9.91 Å². The highest BCUT2D eigenvalue weighted by Crippen LogP contribution is 2.36. The highest BCUT2D eigenvalue weighted by atomic mass is 16.5. The van der Waals surface area contributed by atoms with E-state index in [4.69, 9.17) is 14.6 Å². The van der Waals surface area contributed by atoms with Crippen molar-refractivity contribution in [3.63, 3.8) is 0 Å². The number of aryl methyl sites for hydroxylation is 1. The van der Waals surface area contributed by atoms with Gasteiger partial charge in [0.15, 0.2) is 0 Å². The maximum Gasteiger partial charge on any atom is 0.318 e. The molecule has 8 nitrogen and oxygen atoms in total. The Hall–Kier alpha value is -3.55. The summed E-state index contributed by atoms with van der Waals surface area (Å²) < 4.78 is 10.9. The second-order valence-electron chi connectivity index (χ2n) is 9.52. The highest BCUT2D eigenvalue weighted by Gasteiger charge is 2.35. The molecule has 3 amide bonds. The van der Waals surface area contributed by atoms with Gasteiger partial charge in [-0.2, -0.15) is 5.10 Å². The van der Waals surface area contributed by atoms with Gasteiger partial charge in [-0.05, 0) is 45.4 Å². The fraction of sp³-hybridized carbons (Fsp3) is 0.423. The molecule has 1 heterocycles. The molecule has 0 spiro atoms. The monoisotopic (exact) mass is 466 g/mol. The molecule has 1 N–H and O–H groups in total. The Morgan fingerprint density at radius 1 is 1.12 bits per heavy atom.